The molecular formula is C16H20N6O3. The highest BCUT2D eigenvalue weighted by Gasteiger charge is 2.17. The molecule has 9 nitrogen and oxygen atoms in total. The van der Waals surface area contributed by atoms with E-state index >= 15 is 0 Å². The highest BCUT2D eigenvalue weighted by Crippen LogP contribution is 2.26. The number of aromatic nitrogens is 2. The molecule has 2 rings (SSSR count). The first-order valence-electron chi connectivity index (χ1n) is 7.60. The van der Waals surface area contributed by atoms with E-state index in [0.29, 0.717) is 17.4 Å². The largest absolute Gasteiger partial charge is 0.351 e. The van der Waals surface area contributed by atoms with Crippen molar-refractivity contribution < 1.29 is 9.72 Å². The molecule has 0 saturated heterocycles. The molecule has 1 heterocycles. The minimum atomic E-state index is -0.512. The maximum Gasteiger partial charge on any atom is 0.320 e. The van der Waals surface area contributed by atoms with Crippen molar-refractivity contribution in [2.75, 3.05) is 17.2 Å². The summed E-state index contributed by atoms with van der Waals surface area (Å²) in [6, 6.07) is 3.74. The molecule has 2 amide bonds. The van der Waals surface area contributed by atoms with Gasteiger partial charge in [0.2, 0.25) is 5.95 Å². The molecule has 0 radical (unpaired) electrons. The van der Waals surface area contributed by atoms with E-state index in [1.165, 1.54) is 18.2 Å². The van der Waals surface area contributed by atoms with Gasteiger partial charge in [0.15, 0.2) is 0 Å². The van der Waals surface area contributed by atoms with Crippen LogP contribution in [0.15, 0.2) is 30.9 Å². The van der Waals surface area contributed by atoms with Crippen LogP contribution >= 0.6 is 0 Å². The Kier molecular flexibility index (Phi) is 5.16. The van der Waals surface area contributed by atoms with E-state index in [4.69, 9.17) is 0 Å². The van der Waals surface area contributed by atoms with Crippen LogP contribution in [0, 0.1) is 10.1 Å². The molecule has 3 N–H and O–H groups in total. The van der Waals surface area contributed by atoms with Crippen LogP contribution in [0.4, 0.5) is 22.2 Å². The van der Waals surface area contributed by atoms with Gasteiger partial charge in [-0.25, -0.2) is 9.78 Å². The number of anilines is 2. The van der Waals surface area contributed by atoms with Crippen LogP contribution in [-0.2, 0) is 0 Å². The molecule has 0 spiro atoms. The highest BCUT2D eigenvalue weighted by molar-refractivity contribution is 6.00. The number of hydrogen-bond acceptors (Lipinski definition) is 6. The Morgan fingerprint density at radius 1 is 1.36 bits per heavy atom. The van der Waals surface area contributed by atoms with Gasteiger partial charge in [-0.2, -0.15) is 4.98 Å². The zero-order chi connectivity index (χ0) is 18.6. The third kappa shape index (κ3) is 4.87. The normalized spacial score (nSPS) is 11.0. The van der Waals surface area contributed by atoms with E-state index in [-0.39, 0.29) is 17.5 Å². The van der Waals surface area contributed by atoms with Gasteiger partial charge < -0.3 is 10.6 Å². The number of carbonyl (C=O) groups is 1. The predicted molar refractivity (Wildman–Crippen MR) is 96.8 cm³/mol. The second-order valence-corrected chi connectivity index (χ2v) is 6.35. The molecule has 9 heteroatoms. The van der Waals surface area contributed by atoms with Crippen molar-refractivity contribution in [1.82, 2.24) is 15.3 Å². The van der Waals surface area contributed by atoms with E-state index < -0.39 is 16.5 Å². The lowest BCUT2D eigenvalue weighted by molar-refractivity contribution is -0.384. The lowest BCUT2D eigenvalue weighted by atomic mass is 10.1. The van der Waals surface area contributed by atoms with E-state index in [1.807, 2.05) is 20.8 Å². The van der Waals surface area contributed by atoms with Gasteiger partial charge in [0.1, 0.15) is 5.82 Å². The molecule has 0 saturated carbocycles. The molecule has 1 aromatic heterocycles. The fourth-order valence-corrected chi connectivity index (χ4v) is 2.05. The quantitative estimate of drug-likeness (QED) is 0.435. The molecule has 0 aliphatic heterocycles. The van der Waals surface area contributed by atoms with Crippen LogP contribution in [0.3, 0.4) is 0 Å². The average Bonchev–Trinajstić information content (AvgIpc) is 2.50. The summed E-state index contributed by atoms with van der Waals surface area (Å²) in [5.41, 5.74) is -0.0802. The number of non-ortho nitro benzene ring substituents is 1. The molecule has 132 valence electrons. The summed E-state index contributed by atoms with van der Waals surface area (Å²) in [6.45, 7) is 9.56. The molecule has 0 atom stereocenters. The number of nitrogens with zero attached hydrogens (tertiary/aromatic N) is 3. The Morgan fingerprint density at radius 2 is 2.08 bits per heavy atom. The Hall–Kier alpha value is -3.23. The number of fused-ring (bicyclic) bond motifs is 1. The van der Waals surface area contributed by atoms with Crippen molar-refractivity contribution in [3.63, 3.8) is 0 Å². The Bertz CT molecular complexity index is 828. The van der Waals surface area contributed by atoms with Gasteiger partial charge >= 0.3 is 6.03 Å². The fourth-order valence-electron chi connectivity index (χ4n) is 2.05. The molecule has 0 unspecified atom stereocenters. The highest BCUT2D eigenvalue weighted by atomic mass is 16.6. The van der Waals surface area contributed by atoms with E-state index in [9.17, 15) is 14.9 Å². The number of nitrogens with one attached hydrogen (secondary N) is 3. The number of amides is 2. The number of rotatable bonds is 5. The standard InChI is InChI=1S/C16H20N6O3/c1-5-8-17-14-18-12-7-6-10(22(24)25)9-11(12)13(19-14)20-15(23)21-16(2,3)4/h5-7,9H,1,8H2,2-4H3,(H3,17,18,19,20,21,23). The molecule has 25 heavy (non-hydrogen) atoms. The van der Waals surface area contributed by atoms with Crippen LogP contribution in [0.5, 0.6) is 0 Å². The minimum Gasteiger partial charge on any atom is -0.351 e. The molecule has 0 bridgehead atoms. The van der Waals surface area contributed by atoms with Crippen LogP contribution in [0.1, 0.15) is 20.8 Å². The summed E-state index contributed by atoms with van der Waals surface area (Å²) < 4.78 is 0. The molecule has 0 fully saturated rings. The van der Waals surface area contributed by atoms with E-state index in [1.54, 1.807) is 6.08 Å². The molecule has 2 aromatic rings. The Balaban J connectivity index is 2.47. The summed E-state index contributed by atoms with van der Waals surface area (Å²) in [5, 5.41) is 19.7. The van der Waals surface area contributed by atoms with Gasteiger partial charge in [-0.05, 0) is 26.8 Å². The molecule has 0 aliphatic rings. The third-order valence-electron chi connectivity index (χ3n) is 3.02. The number of carbonyl (C=O) groups excluding carboxylic acids is 1. The van der Waals surface area contributed by atoms with Crippen molar-refractivity contribution in [2.24, 2.45) is 0 Å². The summed E-state index contributed by atoms with van der Waals surface area (Å²) in [5.74, 6) is 0.467. The second kappa shape index (κ2) is 7.12. The van der Waals surface area contributed by atoms with Crippen molar-refractivity contribution in [3.8, 4) is 0 Å². The zero-order valence-electron chi connectivity index (χ0n) is 14.3. The second-order valence-electron chi connectivity index (χ2n) is 6.35. The first-order chi connectivity index (χ1) is 11.7. The van der Waals surface area contributed by atoms with Crippen molar-refractivity contribution in [1.29, 1.82) is 0 Å². The molecular weight excluding hydrogens is 324 g/mol. The average molecular weight is 344 g/mol. The Morgan fingerprint density at radius 3 is 2.68 bits per heavy atom. The van der Waals surface area contributed by atoms with Gasteiger partial charge in [-0.3, -0.25) is 15.4 Å². The van der Waals surface area contributed by atoms with Gasteiger partial charge in [-0.15, -0.1) is 6.58 Å². The first-order valence-corrected chi connectivity index (χ1v) is 7.60. The van der Waals surface area contributed by atoms with Crippen LogP contribution in [-0.4, -0.2) is 33.0 Å². The summed E-state index contributed by atoms with van der Waals surface area (Å²) in [6.07, 6.45) is 1.64. The zero-order valence-corrected chi connectivity index (χ0v) is 14.3. The van der Waals surface area contributed by atoms with Crippen LogP contribution in [0.25, 0.3) is 10.9 Å². The van der Waals surface area contributed by atoms with Gasteiger partial charge in [-0.1, -0.05) is 6.08 Å². The van der Waals surface area contributed by atoms with Crippen molar-refractivity contribution >= 4 is 34.4 Å². The van der Waals surface area contributed by atoms with Crippen molar-refractivity contribution in [2.45, 2.75) is 26.3 Å². The number of hydrogen-bond donors (Lipinski definition) is 3. The summed E-state index contributed by atoms with van der Waals surface area (Å²) >= 11 is 0. The van der Waals surface area contributed by atoms with E-state index in [2.05, 4.69) is 32.5 Å². The third-order valence-corrected chi connectivity index (χ3v) is 3.02. The maximum absolute atomic E-state index is 12.2. The fraction of sp³-hybridized carbons (Fsp3) is 0.312. The summed E-state index contributed by atoms with van der Waals surface area (Å²) in [4.78, 5) is 31.2. The topological polar surface area (TPSA) is 122 Å². The van der Waals surface area contributed by atoms with Crippen LogP contribution in [0.2, 0.25) is 0 Å². The number of urea groups is 1. The maximum atomic E-state index is 12.2. The number of nitro benzene ring substituents is 1. The number of benzene rings is 1. The SMILES string of the molecule is C=CCNc1nc(NC(=O)NC(C)(C)C)c2cc([N+](=O)[O-])ccc2n1. The Labute approximate surface area is 144 Å². The minimum absolute atomic E-state index is 0.109. The lowest BCUT2D eigenvalue weighted by Crippen LogP contribution is -2.43. The van der Waals surface area contributed by atoms with Crippen molar-refractivity contribution in [3.05, 3.63) is 41.0 Å². The van der Waals surface area contributed by atoms with Crippen LogP contribution < -0.4 is 16.0 Å². The predicted octanol–water partition coefficient (Wildman–Crippen LogP) is 3.06. The smallest absolute Gasteiger partial charge is 0.320 e. The molecule has 0 aliphatic carbocycles. The summed E-state index contributed by atoms with van der Waals surface area (Å²) in [7, 11) is 0. The van der Waals surface area contributed by atoms with E-state index in [0.717, 1.165) is 0 Å². The monoisotopic (exact) mass is 344 g/mol. The van der Waals surface area contributed by atoms with Gasteiger partial charge in [0.05, 0.1) is 15.8 Å². The lowest BCUT2D eigenvalue weighted by Gasteiger charge is -2.21. The first kappa shape index (κ1) is 18.1. The number of nitro groups is 1. The van der Waals surface area contributed by atoms with Gasteiger partial charge in [0.25, 0.3) is 5.69 Å². The molecule has 1 aromatic carbocycles. The van der Waals surface area contributed by atoms with Gasteiger partial charge in [0, 0.05) is 24.2 Å².